The standard InChI is InChI=1S/C26H31N3O3/c1-2-19-8-5-6-11-23(19)29-18-22(16-25(29)31)26(32)27-14-7-12-24(30)28-15-13-20-9-3-4-10-21(20)17-28/h3-6,8-11,22H,2,7,12-18H2,1H3,(H,27,32). The van der Waals surface area contributed by atoms with Gasteiger partial charge in [-0.05, 0) is 42.0 Å². The van der Waals surface area contributed by atoms with E-state index in [2.05, 4.69) is 24.4 Å². The molecule has 2 heterocycles. The third-order valence-electron chi connectivity index (χ3n) is 6.51. The molecule has 0 saturated carbocycles. The molecular formula is C26H31N3O3. The Morgan fingerprint density at radius 2 is 1.81 bits per heavy atom. The Labute approximate surface area is 189 Å². The van der Waals surface area contributed by atoms with Gasteiger partial charge in [0.05, 0.1) is 5.92 Å². The minimum Gasteiger partial charge on any atom is -0.356 e. The predicted molar refractivity (Wildman–Crippen MR) is 124 cm³/mol. The van der Waals surface area contributed by atoms with Crippen molar-refractivity contribution in [3.05, 3.63) is 65.2 Å². The predicted octanol–water partition coefficient (Wildman–Crippen LogP) is 3.08. The van der Waals surface area contributed by atoms with Gasteiger partial charge in [0.25, 0.3) is 0 Å². The van der Waals surface area contributed by atoms with Gasteiger partial charge in [-0.15, -0.1) is 0 Å². The second-order valence-electron chi connectivity index (χ2n) is 8.62. The van der Waals surface area contributed by atoms with Crippen LogP contribution in [-0.2, 0) is 33.8 Å². The second kappa shape index (κ2) is 9.98. The van der Waals surface area contributed by atoms with Gasteiger partial charge in [-0.1, -0.05) is 49.4 Å². The summed E-state index contributed by atoms with van der Waals surface area (Å²) >= 11 is 0. The number of carbonyl (C=O) groups is 3. The van der Waals surface area contributed by atoms with Crippen molar-refractivity contribution in [1.29, 1.82) is 0 Å². The van der Waals surface area contributed by atoms with Crippen LogP contribution in [0.1, 0.15) is 42.9 Å². The second-order valence-corrected chi connectivity index (χ2v) is 8.62. The van der Waals surface area contributed by atoms with Crippen LogP contribution in [-0.4, -0.2) is 42.3 Å². The first kappa shape index (κ1) is 22.1. The third-order valence-corrected chi connectivity index (χ3v) is 6.51. The highest BCUT2D eigenvalue weighted by Crippen LogP contribution is 2.28. The molecule has 1 N–H and O–H groups in total. The van der Waals surface area contributed by atoms with Crippen molar-refractivity contribution in [2.24, 2.45) is 5.92 Å². The molecule has 2 aliphatic heterocycles. The summed E-state index contributed by atoms with van der Waals surface area (Å²) in [5, 5.41) is 2.93. The van der Waals surface area contributed by atoms with Crippen LogP contribution in [0, 0.1) is 5.92 Å². The number of hydrogen-bond donors (Lipinski definition) is 1. The molecule has 0 bridgehead atoms. The number of fused-ring (bicyclic) bond motifs is 1. The molecule has 4 rings (SSSR count). The van der Waals surface area contributed by atoms with Crippen LogP contribution in [0.2, 0.25) is 0 Å². The van der Waals surface area contributed by atoms with Crippen molar-refractivity contribution >= 4 is 23.4 Å². The zero-order chi connectivity index (χ0) is 22.5. The molecule has 32 heavy (non-hydrogen) atoms. The first-order chi connectivity index (χ1) is 15.6. The maximum absolute atomic E-state index is 12.6. The Morgan fingerprint density at radius 3 is 2.62 bits per heavy atom. The smallest absolute Gasteiger partial charge is 0.227 e. The lowest BCUT2D eigenvalue weighted by Crippen LogP contribution is -2.37. The number of carbonyl (C=O) groups excluding carboxylic acids is 3. The monoisotopic (exact) mass is 433 g/mol. The summed E-state index contributed by atoms with van der Waals surface area (Å²) in [7, 11) is 0. The molecule has 2 aromatic carbocycles. The van der Waals surface area contributed by atoms with E-state index < -0.39 is 0 Å². The molecule has 2 aliphatic rings. The van der Waals surface area contributed by atoms with Crippen LogP contribution >= 0.6 is 0 Å². The zero-order valence-electron chi connectivity index (χ0n) is 18.7. The fraction of sp³-hybridized carbons (Fsp3) is 0.423. The summed E-state index contributed by atoms with van der Waals surface area (Å²) in [6, 6.07) is 16.1. The number of para-hydroxylation sites is 1. The van der Waals surface area contributed by atoms with E-state index >= 15 is 0 Å². The van der Waals surface area contributed by atoms with Gasteiger partial charge in [-0.3, -0.25) is 14.4 Å². The lowest BCUT2D eigenvalue weighted by molar-refractivity contribution is -0.132. The lowest BCUT2D eigenvalue weighted by Gasteiger charge is -2.29. The van der Waals surface area contributed by atoms with Crippen LogP contribution in [0.5, 0.6) is 0 Å². The van der Waals surface area contributed by atoms with Gasteiger partial charge in [0, 0.05) is 44.7 Å². The van der Waals surface area contributed by atoms with Crippen LogP contribution < -0.4 is 10.2 Å². The number of aryl methyl sites for hydroxylation is 1. The zero-order valence-corrected chi connectivity index (χ0v) is 18.7. The van der Waals surface area contributed by atoms with Crippen LogP contribution in [0.25, 0.3) is 0 Å². The largest absolute Gasteiger partial charge is 0.356 e. The van der Waals surface area contributed by atoms with E-state index in [-0.39, 0.29) is 30.1 Å². The van der Waals surface area contributed by atoms with E-state index in [1.54, 1.807) is 4.90 Å². The van der Waals surface area contributed by atoms with Gasteiger partial charge < -0.3 is 15.1 Å². The molecule has 0 spiro atoms. The third kappa shape index (κ3) is 4.85. The molecule has 1 fully saturated rings. The Bertz CT molecular complexity index is 1000. The number of hydrogen-bond acceptors (Lipinski definition) is 3. The van der Waals surface area contributed by atoms with Crippen LogP contribution in [0.4, 0.5) is 5.69 Å². The summed E-state index contributed by atoms with van der Waals surface area (Å²) in [4.78, 5) is 41.4. The van der Waals surface area contributed by atoms with Gasteiger partial charge in [-0.2, -0.15) is 0 Å². The van der Waals surface area contributed by atoms with E-state index in [4.69, 9.17) is 0 Å². The van der Waals surface area contributed by atoms with Crippen molar-refractivity contribution in [2.75, 3.05) is 24.5 Å². The number of benzene rings is 2. The van der Waals surface area contributed by atoms with Gasteiger partial charge in [0.15, 0.2) is 0 Å². The molecule has 0 aromatic heterocycles. The summed E-state index contributed by atoms with van der Waals surface area (Å²) in [5.41, 5.74) is 4.57. The number of nitrogens with one attached hydrogen (secondary N) is 1. The first-order valence-electron chi connectivity index (χ1n) is 11.6. The van der Waals surface area contributed by atoms with E-state index in [9.17, 15) is 14.4 Å². The van der Waals surface area contributed by atoms with Gasteiger partial charge in [0.2, 0.25) is 17.7 Å². The Morgan fingerprint density at radius 1 is 1.06 bits per heavy atom. The molecule has 6 heteroatoms. The molecule has 1 atom stereocenters. The average Bonchev–Trinajstić information content (AvgIpc) is 3.22. The van der Waals surface area contributed by atoms with Crippen LogP contribution in [0.15, 0.2) is 48.5 Å². The summed E-state index contributed by atoms with van der Waals surface area (Å²) in [6.45, 7) is 4.34. The summed E-state index contributed by atoms with van der Waals surface area (Å²) in [5.74, 6) is -0.324. The Hall–Kier alpha value is -3.15. The SMILES string of the molecule is CCc1ccccc1N1CC(C(=O)NCCCC(=O)N2CCc3ccccc3C2)CC1=O. The highest BCUT2D eigenvalue weighted by molar-refractivity contribution is 6.00. The molecule has 168 valence electrons. The highest BCUT2D eigenvalue weighted by atomic mass is 16.2. The number of rotatable bonds is 7. The summed E-state index contributed by atoms with van der Waals surface area (Å²) in [6.07, 6.45) is 2.99. The number of nitrogens with zero attached hydrogens (tertiary/aromatic N) is 2. The normalized spacial score (nSPS) is 17.9. The van der Waals surface area contributed by atoms with Crippen molar-refractivity contribution in [2.45, 2.75) is 45.6 Å². The fourth-order valence-corrected chi connectivity index (χ4v) is 4.65. The van der Waals surface area contributed by atoms with Gasteiger partial charge in [-0.25, -0.2) is 0 Å². The van der Waals surface area contributed by atoms with Gasteiger partial charge >= 0.3 is 0 Å². The molecule has 0 aliphatic carbocycles. The molecule has 2 aromatic rings. The van der Waals surface area contributed by atoms with Crippen molar-refractivity contribution in [1.82, 2.24) is 10.2 Å². The molecule has 0 radical (unpaired) electrons. The highest BCUT2D eigenvalue weighted by Gasteiger charge is 2.35. The van der Waals surface area contributed by atoms with Crippen molar-refractivity contribution in [3.63, 3.8) is 0 Å². The van der Waals surface area contributed by atoms with Crippen LogP contribution in [0.3, 0.4) is 0 Å². The first-order valence-corrected chi connectivity index (χ1v) is 11.6. The molecular weight excluding hydrogens is 402 g/mol. The van der Waals surface area contributed by atoms with E-state index in [0.717, 1.165) is 30.6 Å². The minimum absolute atomic E-state index is 0.00777. The molecule has 1 saturated heterocycles. The van der Waals surface area contributed by atoms with E-state index in [0.29, 0.717) is 32.5 Å². The Balaban J connectivity index is 1.22. The average molecular weight is 434 g/mol. The molecule has 6 nitrogen and oxygen atoms in total. The lowest BCUT2D eigenvalue weighted by atomic mass is 9.99. The van der Waals surface area contributed by atoms with E-state index in [1.165, 1.54) is 11.1 Å². The Kier molecular flexibility index (Phi) is 6.88. The molecule has 3 amide bonds. The maximum atomic E-state index is 12.6. The van der Waals surface area contributed by atoms with Crippen molar-refractivity contribution < 1.29 is 14.4 Å². The number of anilines is 1. The van der Waals surface area contributed by atoms with E-state index in [1.807, 2.05) is 41.3 Å². The maximum Gasteiger partial charge on any atom is 0.227 e. The fourth-order valence-electron chi connectivity index (χ4n) is 4.65. The summed E-state index contributed by atoms with van der Waals surface area (Å²) < 4.78 is 0. The topological polar surface area (TPSA) is 69.7 Å². The molecule has 1 unspecified atom stereocenters. The van der Waals surface area contributed by atoms with Crippen molar-refractivity contribution in [3.8, 4) is 0 Å². The minimum atomic E-state index is -0.346. The number of amides is 3. The van der Waals surface area contributed by atoms with Gasteiger partial charge in [0.1, 0.15) is 0 Å². The quantitative estimate of drug-likeness (QED) is 0.683.